The maximum atomic E-state index is 4.58. The van der Waals surface area contributed by atoms with Gasteiger partial charge in [0.05, 0.1) is 5.69 Å². The summed E-state index contributed by atoms with van der Waals surface area (Å²) < 4.78 is 0. The average molecular weight is 585 g/mol. The van der Waals surface area contributed by atoms with Crippen LogP contribution in [0.3, 0.4) is 0 Å². The Labute approximate surface area is 247 Å². The van der Waals surface area contributed by atoms with E-state index in [2.05, 4.69) is 96.7 Å². The summed E-state index contributed by atoms with van der Waals surface area (Å²) >= 11 is 0. The van der Waals surface area contributed by atoms with Gasteiger partial charge in [0.2, 0.25) is 0 Å². The molecule has 3 aromatic rings. The number of nitrogens with zero attached hydrogens (tertiary/aromatic N) is 2. The Bertz CT molecular complexity index is 912. The van der Waals surface area contributed by atoms with Crippen LogP contribution in [0.25, 0.3) is 0 Å². The van der Waals surface area contributed by atoms with Crippen LogP contribution in [-0.4, -0.2) is 36.1 Å². The molecule has 1 aromatic heterocycles. The second kappa shape index (κ2) is 19.3. The van der Waals surface area contributed by atoms with E-state index in [4.69, 9.17) is 0 Å². The van der Waals surface area contributed by atoms with Gasteiger partial charge in [-0.05, 0) is 60.1 Å². The zero-order valence-corrected chi connectivity index (χ0v) is 25.4. The Kier molecular flexibility index (Phi) is 18.4. The van der Waals surface area contributed by atoms with Crippen molar-refractivity contribution in [2.75, 3.05) is 36.8 Å². The number of aromatic nitrogens is 1. The Morgan fingerprint density at radius 2 is 1.05 bits per heavy atom. The van der Waals surface area contributed by atoms with E-state index in [1.807, 2.05) is 12.3 Å². The van der Waals surface area contributed by atoms with Crippen LogP contribution in [-0.2, 0) is 49.3 Å². The predicted octanol–water partition coefficient (Wildman–Crippen LogP) is 0.363. The van der Waals surface area contributed by atoms with E-state index >= 15 is 0 Å². The van der Waals surface area contributed by atoms with Gasteiger partial charge in [0, 0.05) is 50.3 Å². The molecular weight excluding hydrogens is 542 g/mol. The third-order valence-electron chi connectivity index (χ3n) is 6.57. The van der Waals surface area contributed by atoms with Crippen LogP contribution >= 0.6 is 0 Å². The number of hydrogen-bond acceptors (Lipinski definition) is 4. The van der Waals surface area contributed by atoms with Crippen molar-refractivity contribution in [1.29, 1.82) is 0 Å². The number of hydrogen-bond donors (Lipinski definition) is 2. The fourth-order valence-electron chi connectivity index (χ4n) is 4.61. The van der Waals surface area contributed by atoms with Crippen LogP contribution in [0.4, 0.5) is 11.4 Å². The maximum absolute atomic E-state index is 4.58. The number of para-hydroxylation sites is 2. The van der Waals surface area contributed by atoms with Crippen molar-refractivity contribution in [3.63, 3.8) is 0 Å². The molecule has 0 fully saturated rings. The average Bonchev–Trinajstić information content (AvgIpc) is 2.89. The standard InChI is InChI=1S/C30H42N4.2ClH.Mn/c1-5-24-13-11-14-25(6-2)29(24)32-19-21-34(23-28-17-9-10-18-31-28)22-20-33-30-26(7-3)15-12-16-27(30)8-4;;;/h9-18,32-33H,5-8,19-23H2,1-4H3;2*1H;/q;;;+2/p-2. The number of rotatable bonds is 14. The normalized spacial score (nSPS) is 10.2. The summed E-state index contributed by atoms with van der Waals surface area (Å²) in [5.74, 6) is 0. The van der Waals surface area contributed by atoms with Gasteiger partial charge in [-0.2, -0.15) is 0 Å². The van der Waals surface area contributed by atoms with E-state index in [-0.39, 0.29) is 41.9 Å². The van der Waals surface area contributed by atoms with Crippen LogP contribution in [0, 0.1) is 0 Å². The minimum atomic E-state index is 0. The molecule has 1 radical (unpaired) electrons. The van der Waals surface area contributed by atoms with Gasteiger partial charge in [0.15, 0.2) is 0 Å². The van der Waals surface area contributed by atoms with E-state index in [1.165, 1.54) is 33.6 Å². The molecule has 2 aromatic carbocycles. The first-order valence-corrected chi connectivity index (χ1v) is 13.0. The van der Waals surface area contributed by atoms with Crippen molar-refractivity contribution in [2.24, 2.45) is 0 Å². The summed E-state index contributed by atoms with van der Waals surface area (Å²) in [6, 6.07) is 19.5. The molecule has 0 saturated heterocycles. The summed E-state index contributed by atoms with van der Waals surface area (Å²) in [4.78, 5) is 7.08. The molecule has 203 valence electrons. The molecule has 0 aliphatic heterocycles. The maximum Gasteiger partial charge on any atom is 2.00 e. The molecule has 37 heavy (non-hydrogen) atoms. The fraction of sp³-hybridized carbons (Fsp3) is 0.433. The molecule has 1 heterocycles. The Hall–Kier alpha value is -1.75. The first kappa shape index (κ1) is 35.2. The van der Waals surface area contributed by atoms with Gasteiger partial charge in [-0.15, -0.1) is 0 Å². The van der Waals surface area contributed by atoms with E-state index in [9.17, 15) is 0 Å². The summed E-state index contributed by atoms with van der Waals surface area (Å²) in [6.45, 7) is 13.6. The van der Waals surface area contributed by atoms with Crippen molar-refractivity contribution < 1.29 is 41.9 Å². The quantitative estimate of drug-likeness (QED) is 0.269. The third kappa shape index (κ3) is 10.5. The van der Waals surface area contributed by atoms with E-state index < -0.39 is 0 Å². The van der Waals surface area contributed by atoms with Gasteiger partial charge in [-0.1, -0.05) is 70.2 Å². The molecule has 0 spiro atoms. The zero-order chi connectivity index (χ0) is 24.2. The van der Waals surface area contributed by atoms with Gasteiger partial charge in [-0.3, -0.25) is 9.88 Å². The molecule has 0 aliphatic carbocycles. The number of pyridine rings is 1. The zero-order valence-electron chi connectivity index (χ0n) is 22.7. The molecule has 0 bridgehead atoms. The Morgan fingerprint density at radius 1 is 0.622 bits per heavy atom. The number of halogens is 2. The smallest absolute Gasteiger partial charge is 1.00 e. The largest absolute Gasteiger partial charge is 2.00 e. The monoisotopic (exact) mass is 583 g/mol. The van der Waals surface area contributed by atoms with Gasteiger partial charge < -0.3 is 35.4 Å². The molecule has 0 amide bonds. The molecule has 0 aliphatic rings. The summed E-state index contributed by atoms with van der Waals surface area (Å²) in [5.41, 5.74) is 9.39. The van der Waals surface area contributed by atoms with Crippen LogP contribution in [0.2, 0.25) is 0 Å². The fourth-order valence-corrected chi connectivity index (χ4v) is 4.61. The van der Waals surface area contributed by atoms with Crippen LogP contribution in [0.15, 0.2) is 60.8 Å². The Morgan fingerprint density at radius 3 is 1.41 bits per heavy atom. The molecule has 7 heteroatoms. The van der Waals surface area contributed by atoms with Crippen molar-refractivity contribution in [1.82, 2.24) is 9.88 Å². The first-order valence-electron chi connectivity index (χ1n) is 13.0. The predicted molar refractivity (Wildman–Crippen MR) is 147 cm³/mol. The van der Waals surface area contributed by atoms with Crippen LogP contribution < -0.4 is 35.4 Å². The SMILES string of the molecule is CCc1cccc(CC)c1NCCN(CCNc1c(CC)cccc1CC)Cc1ccccn1.[Cl-].[Cl-].[Mn+2]. The molecule has 0 atom stereocenters. The van der Waals surface area contributed by atoms with Gasteiger partial charge in [0.25, 0.3) is 0 Å². The minimum absolute atomic E-state index is 0. The molecule has 0 saturated carbocycles. The third-order valence-corrected chi connectivity index (χ3v) is 6.57. The van der Waals surface area contributed by atoms with Crippen LogP contribution in [0.5, 0.6) is 0 Å². The topological polar surface area (TPSA) is 40.2 Å². The van der Waals surface area contributed by atoms with E-state index in [0.29, 0.717) is 0 Å². The van der Waals surface area contributed by atoms with Crippen molar-refractivity contribution in [3.8, 4) is 0 Å². The van der Waals surface area contributed by atoms with Crippen molar-refractivity contribution in [2.45, 2.75) is 59.9 Å². The van der Waals surface area contributed by atoms with Gasteiger partial charge in [0.1, 0.15) is 0 Å². The van der Waals surface area contributed by atoms with Crippen molar-refractivity contribution >= 4 is 11.4 Å². The van der Waals surface area contributed by atoms with Crippen LogP contribution in [0.1, 0.15) is 55.6 Å². The Balaban J connectivity index is 0.00000432. The summed E-state index contributed by atoms with van der Waals surface area (Å²) in [6.07, 6.45) is 6.09. The first-order chi connectivity index (χ1) is 16.7. The van der Waals surface area contributed by atoms with E-state index in [0.717, 1.165) is 64.1 Å². The van der Waals surface area contributed by atoms with Crippen molar-refractivity contribution in [3.05, 3.63) is 88.7 Å². The number of benzene rings is 2. The van der Waals surface area contributed by atoms with Gasteiger partial charge in [-0.25, -0.2) is 0 Å². The molecular formula is C30H42Cl2MnN4. The van der Waals surface area contributed by atoms with Gasteiger partial charge >= 0.3 is 17.1 Å². The number of aryl methyl sites for hydroxylation is 4. The van der Waals surface area contributed by atoms with E-state index in [1.54, 1.807) is 0 Å². The molecule has 2 N–H and O–H groups in total. The second-order valence-corrected chi connectivity index (χ2v) is 8.77. The second-order valence-electron chi connectivity index (χ2n) is 8.77. The molecule has 3 rings (SSSR count). The number of nitrogens with one attached hydrogen (secondary N) is 2. The summed E-state index contributed by atoms with van der Waals surface area (Å²) in [5, 5.41) is 7.52. The molecule has 0 unspecified atom stereocenters. The summed E-state index contributed by atoms with van der Waals surface area (Å²) in [7, 11) is 0. The minimum Gasteiger partial charge on any atom is -1.00 e. The molecule has 4 nitrogen and oxygen atoms in total. The number of anilines is 2.